The molecule has 1 aliphatic heterocycles. The van der Waals surface area contributed by atoms with Crippen LogP contribution >= 0.6 is 0 Å². The Morgan fingerprint density at radius 3 is 2.32 bits per heavy atom. The second-order valence-corrected chi connectivity index (χ2v) is 12.4. The van der Waals surface area contributed by atoms with E-state index in [1.165, 1.54) is 40.8 Å². The van der Waals surface area contributed by atoms with E-state index in [1.54, 1.807) is 7.11 Å². The summed E-state index contributed by atoms with van der Waals surface area (Å²) in [6, 6.07) is 22.5. The van der Waals surface area contributed by atoms with Gasteiger partial charge in [-0.2, -0.15) is 8.42 Å². The maximum atomic E-state index is 13.2. The minimum absolute atomic E-state index is 0.177. The fraction of sp³-hybridized carbons (Fsp3) is 0.455. The molecule has 222 valence electrons. The van der Waals surface area contributed by atoms with Crippen molar-refractivity contribution in [1.29, 1.82) is 0 Å². The first kappa shape index (κ1) is 31.0. The van der Waals surface area contributed by atoms with Crippen molar-refractivity contribution in [2.45, 2.75) is 57.4 Å². The fourth-order valence-corrected chi connectivity index (χ4v) is 6.44. The predicted molar refractivity (Wildman–Crippen MR) is 161 cm³/mol. The van der Waals surface area contributed by atoms with E-state index in [4.69, 9.17) is 14.0 Å². The Bertz CT molecular complexity index is 1360. The Kier molecular flexibility index (Phi) is 10.8. The van der Waals surface area contributed by atoms with Gasteiger partial charge in [0.05, 0.1) is 20.0 Å². The number of fused-ring (bicyclic) bond motifs is 3. The molecule has 0 aromatic heterocycles. The Morgan fingerprint density at radius 1 is 0.976 bits per heavy atom. The molecule has 1 heterocycles. The van der Waals surface area contributed by atoms with Crippen LogP contribution in [0.4, 0.5) is 4.39 Å². The Morgan fingerprint density at radius 2 is 1.66 bits per heavy atom. The summed E-state index contributed by atoms with van der Waals surface area (Å²) >= 11 is 0. The molecule has 1 N–H and O–H groups in total. The molecule has 1 unspecified atom stereocenters. The number of ether oxygens (including phenoxy) is 2. The number of hydrogen-bond donors (Lipinski definition) is 1. The molecule has 3 aromatic carbocycles. The lowest BCUT2D eigenvalue weighted by Gasteiger charge is -2.33. The van der Waals surface area contributed by atoms with Crippen LogP contribution in [0.2, 0.25) is 0 Å². The Balaban J connectivity index is 0.000000714. The second-order valence-electron chi connectivity index (χ2n) is 11.0. The normalized spacial score (nSPS) is 20.0. The highest BCUT2D eigenvalue weighted by Gasteiger charge is 2.45. The van der Waals surface area contributed by atoms with Crippen molar-refractivity contribution in [3.8, 4) is 11.5 Å². The first-order valence-corrected chi connectivity index (χ1v) is 16.3. The minimum Gasteiger partial charge on any atom is -0.496 e. The van der Waals surface area contributed by atoms with Crippen molar-refractivity contribution < 1.29 is 26.8 Å². The van der Waals surface area contributed by atoms with Crippen LogP contribution in [-0.2, 0) is 29.4 Å². The third-order valence-electron chi connectivity index (χ3n) is 8.23. The molecule has 0 amide bonds. The monoisotopic (exact) mass is 583 g/mol. The summed E-state index contributed by atoms with van der Waals surface area (Å²) < 4.78 is 51.3. The quantitative estimate of drug-likeness (QED) is 0.222. The van der Waals surface area contributed by atoms with E-state index in [2.05, 4.69) is 54.3 Å². The van der Waals surface area contributed by atoms with Gasteiger partial charge in [-0.1, -0.05) is 49.4 Å². The van der Waals surface area contributed by atoms with E-state index in [0.29, 0.717) is 30.7 Å². The molecule has 41 heavy (non-hydrogen) atoms. The second kappa shape index (κ2) is 14.3. The molecule has 3 aromatic rings. The van der Waals surface area contributed by atoms with Crippen LogP contribution < -0.4 is 9.47 Å². The maximum Gasteiger partial charge on any atom is 0.261 e. The number of halogens is 1. The number of benzene rings is 3. The van der Waals surface area contributed by atoms with E-state index in [1.807, 2.05) is 12.1 Å². The van der Waals surface area contributed by atoms with Crippen molar-refractivity contribution in [1.82, 2.24) is 4.90 Å². The first-order valence-electron chi connectivity index (χ1n) is 14.4. The number of likely N-dealkylation sites (N-methyl/N-ethyl adjacent to an activating group) is 1. The average molecular weight is 584 g/mol. The van der Waals surface area contributed by atoms with Gasteiger partial charge < -0.3 is 9.47 Å². The van der Waals surface area contributed by atoms with E-state index < -0.39 is 10.1 Å². The highest BCUT2D eigenvalue weighted by atomic mass is 32.2. The fourth-order valence-electron chi connectivity index (χ4n) is 6.44. The lowest BCUT2D eigenvalue weighted by atomic mass is 9.73. The molecule has 5 rings (SSSR count). The molecule has 2 aliphatic rings. The molecule has 8 heteroatoms. The summed E-state index contributed by atoms with van der Waals surface area (Å²) in [4.78, 5) is 2.68. The van der Waals surface area contributed by atoms with E-state index in [-0.39, 0.29) is 5.82 Å². The minimum atomic E-state index is -3.67. The highest BCUT2D eigenvalue weighted by molar-refractivity contribution is 7.85. The standard InChI is InChI=1S/C32H38FNO2.CH4O3S/c1-3-34-22-28-26(29(34)21-24-10-5-4-6-11-24)16-17-27-30(35-2)18-19-31(32(27)28)36-20-8-7-9-23-12-14-25(33)15-13-23;1-5(2,3)4/h4-6,10-15,18-19,26,28-29H,3,7-9,16-17,20-22H2,1-2H3;1H3,(H,2,3,4)/t26?,28-,29+;/m0./s1. The van der Waals surface area contributed by atoms with Gasteiger partial charge in [0.1, 0.15) is 17.3 Å². The molecule has 1 aliphatic carbocycles. The summed E-state index contributed by atoms with van der Waals surface area (Å²) in [6.45, 7) is 5.14. The van der Waals surface area contributed by atoms with Crippen molar-refractivity contribution in [2.24, 2.45) is 5.92 Å². The van der Waals surface area contributed by atoms with Crippen LogP contribution in [-0.4, -0.2) is 57.0 Å². The summed E-state index contributed by atoms with van der Waals surface area (Å²) in [5.74, 6) is 2.97. The van der Waals surface area contributed by atoms with Crippen molar-refractivity contribution >= 4 is 10.1 Å². The van der Waals surface area contributed by atoms with Gasteiger partial charge in [-0.15, -0.1) is 0 Å². The number of hydrogen-bond acceptors (Lipinski definition) is 5. The SMILES string of the molecule is CCN1C[C@@H]2c3c(OCCCCc4ccc(F)cc4)ccc(OC)c3CCC2[C@H]1Cc1ccccc1.CS(=O)(=O)O. The summed E-state index contributed by atoms with van der Waals surface area (Å²) in [7, 11) is -1.89. The predicted octanol–water partition coefficient (Wildman–Crippen LogP) is 6.33. The Hall–Kier alpha value is -2.94. The largest absolute Gasteiger partial charge is 0.496 e. The molecular weight excluding hydrogens is 541 g/mol. The van der Waals surface area contributed by atoms with Crippen molar-refractivity contribution in [3.05, 3.63) is 94.8 Å². The number of methoxy groups -OCH3 is 1. The van der Waals surface area contributed by atoms with Crippen LogP contribution in [0.3, 0.4) is 0 Å². The van der Waals surface area contributed by atoms with Crippen LogP contribution in [0.5, 0.6) is 11.5 Å². The maximum absolute atomic E-state index is 13.2. The molecule has 0 saturated carbocycles. The zero-order valence-corrected chi connectivity index (χ0v) is 25.1. The number of rotatable bonds is 10. The smallest absolute Gasteiger partial charge is 0.261 e. The van der Waals surface area contributed by atoms with Gasteiger partial charge in [-0.25, -0.2) is 4.39 Å². The van der Waals surface area contributed by atoms with E-state index >= 15 is 0 Å². The van der Waals surface area contributed by atoms with Crippen molar-refractivity contribution in [3.63, 3.8) is 0 Å². The molecule has 6 nitrogen and oxygen atoms in total. The molecule has 3 atom stereocenters. The molecular formula is C33H42FNO5S. The molecule has 1 saturated heterocycles. The van der Waals surface area contributed by atoms with Crippen LogP contribution in [0.1, 0.15) is 54.4 Å². The number of nitrogens with zero attached hydrogens (tertiary/aromatic N) is 1. The van der Waals surface area contributed by atoms with Gasteiger partial charge in [0.2, 0.25) is 0 Å². The van der Waals surface area contributed by atoms with Gasteiger partial charge in [0.15, 0.2) is 0 Å². The number of likely N-dealkylation sites (tertiary alicyclic amines) is 1. The molecule has 0 bridgehead atoms. The van der Waals surface area contributed by atoms with Gasteiger partial charge in [-0.3, -0.25) is 9.45 Å². The zero-order valence-electron chi connectivity index (χ0n) is 24.3. The van der Waals surface area contributed by atoms with Gasteiger partial charge in [-0.05, 0) is 86.4 Å². The number of aryl methyl sites for hydroxylation is 1. The summed E-state index contributed by atoms with van der Waals surface area (Å²) in [6.07, 6.45) is 7.01. The summed E-state index contributed by atoms with van der Waals surface area (Å²) in [5, 5.41) is 0. The summed E-state index contributed by atoms with van der Waals surface area (Å²) in [5.41, 5.74) is 5.34. The zero-order chi connectivity index (χ0) is 29.4. The van der Waals surface area contributed by atoms with E-state index in [9.17, 15) is 12.8 Å². The van der Waals surface area contributed by atoms with Crippen LogP contribution in [0, 0.1) is 11.7 Å². The van der Waals surface area contributed by atoms with Gasteiger partial charge in [0.25, 0.3) is 10.1 Å². The lowest BCUT2D eigenvalue weighted by molar-refractivity contribution is 0.227. The Labute approximate surface area is 244 Å². The van der Waals surface area contributed by atoms with Gasteiger partial charge in [0, 0.05) is 29.6 Å². The number of unbranched alkanes of at least 4 members (excludes halogenated alkanes) is 1. The van der Waals surface area contributed by atoms with E-state index in [0.717, 1.165) is 56.7 Å². The lowest BCUT2D eigenvalue weighted by Crippen LogP contribution is -2.35. The van der Waals surface area contributed by atoms with Crippen LogP contribution in [0.15, 0.2) is 66.7 Å². The first-order chi connectivity index (χ1) is 19.7. The third kappa shape index (κ3) is 8.53. The molecule has 0 spiro atoms. The van der Waals surface area contributed by atoms with Gasteiger partial charge >= 0.3 is 0 Å². The third-order valence-corrected chi connectivity index (χ3v) is 8.23. The van der Waals surface area contributed by atoms with Crippen molar-refractivity contribution in [2.75, 3.05) is 33.1 Å². The molecule has 1 fully saturated rings. The molecule has 0 radical (unpaired) electrons. The average Bonchev–Trinajstić information content (AvgIpc) is 3.31. The highest BCUT2D eigenvalue weighted by Crippen LogP contribution is 2.51. The topological polar surface area (TPSA) is 76.1 Å². The van der Waals surface area contributed by atoms with Crippen LogP contribution in [0.25, 0.3) is 0 Å².